The number of hydrogen-bond acceptors (Lipinski definition) is 3. The molecule has 1 N–H and O–H groups in total. The average Bonchev–Trinajstić information content (AvgIpc) is 2.79. The van der Waals surface area contributed by atoms with Crippen molar-refractivity contribution in [2.45, 2.75) is 40.3 Å². The van der Waals surface area contributed by atoms with E-state index in [-0.39, 0.29) is 0 Å². The number of aromatic nitrogens is 2. The SMILES string of the molecule is CCCNCc1nccn1CCN(CC)CC. The Morgan fingerprint density at radius 1 is 1.29 bits per heavy atom. The van der Waals surface area contributed by atoms with Crippen molar-refractivity contribution < 1.29 is 0 Å². The molecule has 0 aliphatic rings. The van der Waals surface area contributed by atoms with Crippen LogP contribution < -0.4 is 5.32 Å². The van der Waals surface area contributed by atoms with E-state index in [0.29, 0.717) is 0 Å². The minimum absolute atomic E-state index is 0.874. The molecule has 0 radical (unpaired) electrons. The Bertz CT molecular complexity index is 291. The molecule has 0 aromatic carbocycles. The Labute approximate surface area is 105 Å². The van der Waals surface area contributed by atoms with E-state index < -0.39 is 0 Å². The second-order valence-corrected chi connectivity index (χ2v) is 4.24. The summed E-state index contributed by atoms with van der Waals surface area (Å²) < 4.78 is 2.25. The molecule has 1 rings (SSSR count). The van der Waals surface area contributed by atoms with Crippen LogP contribution in [0.5, 0.6) is 0 Å². The van der Waals surface area contributed by atoms with Crippen LogP contribution in [-0.4, -0.2) is 40.6 Å². The molecule has 0 aliphatic carbocycles. The maximum atomic E-state index is 4.40. The molecule has 1 aromatic heterocycles. The van der Waals surface area contributed by atoms with Crippen LogP contribution in [0, 0.1) is 0 Å². The van der Waals surface area contributed by atoms with Crippen LogP contribution in [-0.2, 0) is 13.1 Å². The third-order valence-corrected chi connectivity index (χ3v) is 3.06. The fourth-order valence-electron chi connectivity index (χ4n) is 1.88. The first-order valence-electron chi connectivity index (χ1n) is 6.74. The summed E-state index contributed by atoms with van der Waals surface area (Å²) >= 11 is 0. The molecule has 4 heteroatoms. The van der Waals surface area contributed by atoms with E-state index in [1.54, 1.807) is 0 Å². The number of imidazole rings is 1. The third kappa shape index (κ3) is 4.88. The van der Waals surface area contributed by atoms with Gasteiger partial charge in [0.05, 0.1) is 6.54 Å². The van der Waals surface area contributed by atoms with Gasteiger partial charge in [0, 0.05) is 25.5 Å². The predicted molar refractivity (Wildman–Crippen MR) is 72.0 cm³/mol. The lowest BCUT2D eigenvalue weighted by Gasteiger charge is -2.18. The Morgan fingerprint density at radius 3 is 2.71 bits per heavy atom. The van der Waals surface area contributed by atoms with Crippen molar-refractivity contribution in [2.24, 2.45) is 0 Å². The van der Waals surface area contributed by atoms with Crippen LogP contribution in [0.15, 0.2) is 12.4 Å². The fourth-order valence-corrected chi connectivity index (χ4v) is 1.88. The van der Waals surface area contributed by atoms with Crippen LogP contribution in [0.25, 0.3) is 0 Å². The minimum Gasteiger partial charge on any atom is -0.333 e. The second kappa shape index (κ2) is 8.25. The molecular formula is C13H26N4. The van der Waals surface area contributed by atoms with Crippen molar-refractivity contribution in [1.82, 2.24) is 19.8 Å². The summed E-state index contributed by atoms with van der Waals surface area (Å²) in [5, 5.41) is 3.40. The molecule has 4 nitrogen and oxygen atoms in total. The van der Waals surface area contributed by atoms with E-state index in [2.05, 4.69) is 46.7 Å². The highest BCUT2D eigenvalue weighted by atomic mass is 15.2. The minimum atomic E-state index is 0.874. The number of likely N-dealkylation sites (N-methyl/N-ethyl adjacent to an activating group) is 1. The molecular weight excluding hydrogens is 212 g/mol. The second-order valence-electron chi connectivity index (χ2n) is 4.24. The van der Waals surface area contributed by atoms with Crippen molar-refractivity contribution in [3.63, 3.8) is 0 Å². The smallest absolute Gasteiger partial charge is 0.122 e. The topological polar surface area (TPSA) is 33.1 Å². The van der Waals surface area contributed by atoms with Gasteiger partial charge in [-0.05, 0) is 26.1 Å². The zero-order chi connectivity index (χ0) is 12.5. The fraction of sp³-hybridized carbons (Fsp3) is 0.769. The maximum Gasteiger partial charge on any atom is 0.122 e. The molecule has 17 heavy (non-hydrogen) atoms. The average molecular weight is 238 g/mol. The highest BCUT2D eigenvalue weighted by Gasteiger charge is 2.04. The van der Waals surface area contributed by atoms with Crippen molar-refractivity contribution >= 4 is 0 Å². The molecule has 0 bridgehead atoms. The highest BCUT2D eigenvalue weighted by Crippen LogP contribution is 1.99. The summed E-state index contributed by atoms with van der Waals surface area (Å²) in [5.41, 5.74) is 0. The van der Waals surface area contributed by atoms with Gasteiger partial charge in [-0.2, -0.15) is 0 Å². The number of nitrogens with zero attached hydrogens (tertiary/aromatic N) is 3. The van der Waals surface area contributed by atoms with Gasteiger partial charge in [-0.1, -0.05) is 20.8 Å². The van der Waals surface area contributed by atoms with E-state index in [4.69, 9.17) is 0 Å². The summed E-state index contributed by atoms with van der Waals surface area (Å²) in [6.07, 6.45) is 5.14. The standard InChI is InChI=1S/C13H26N4/c1-4-7-14-12-13-15-8-9-17(13)11-10-16(5-2)6-3/h8-9,14H,4-7,10-12H2,1-3H3. The molecule has 0 aliphatic heterocycles. The maximum absolute atomic E-state index is 4.40. The molecule has 0 spiro atoms. The molecule has 1 heterocycles. The summed E-state index contributed by atoms with van der Waals surface area (Å²) in [6.45, 7) is 12.9. The lowest BCUT2D eigenvalue weighted by molar-refractivity contribution is 0.288. The molecule has 0 atom stereocenters. The highest BCUT2D eigenvalue weighted by molar-refractivity contribution is 4.92. The van der Waals surface area contributed by atoms with E-state index >= 15 is 0 Å². The number of hydrogen-bond donors (Lipinski definition) is 1. The van der Waals surface area contributed by atoms with Crippen LogP contribution >= 0.6 is 0 Å². The van der Waals surface area contributed by atoms with E-state index in [1.807, 2.05) is 6.20 Å². The van der Waals surface area contributed by atoms with Crippen LogP contribution in [0.4, 0.5) is 0 Å². The van der Waals surface area contributed by atoms with Gasteiger partial charge in [0.1, 0.15) is 5.82 Å². The molecule has 98 valence electrons. The Morgan fingerprint density at radius 2 is 2.06 bits per heavy atom. The Kier molecular flexibility index (Phi) is 6.89. The van der Waals surface area contributed by atoms with Crippen LogP contribution in [0.2, 0.25) is 0 Å². The Hall–Kier alpha value is -0.870. The summed E-state index contributed by atoms with van der Waals surface area (Å²) in [6, 6.07) is 0. The zero-order valence-electron chi connectivity index (χ0n) is 11.4. The molecule has 0 amide bonds. The van der Waals surface area contributed by atoms with Gasteiger partial charge < -0.3 is 14.8 Å². The van der Waals surface area contributed by atoms with Crippen molar-refractivity contribution in [2.75, 3.05) is 26.2 Å². The van der Waals surface area contributed by atoms with E-state index in [1.165, 1.54) is 6.42 Å². The molecule has 0 fully saturated rings. The van der Waals surface area contributed by atoms with Crippen molar-refractivity contribution in [3.05, 3.63) is 18.2 Å². The van der Waals surface area contributed by atoms with Gasteiger partial charge in [-0.15, -0.1) is 0 Å². The first-order chi connectivity index (χ1) is 8.31. The van der Waals surface area contributed by atoms with Crippen LogP contribution in [0.1, 0.15) is 33.0 Å². The van der Waals surface area contributed by atoms with Crippen molar-refractivity contribution in [3.8, 4) is 0 Å². The molecule has 1 aromatic rings. The first kappa shape index (κ1) is 14.2. The Balaban J connectivity index is 2.39. The number of nitrogens with one attached hydrogen (secondary N) is 1. The lowest BCUT2D eigenvalue weighted by atomic mass is 10.4. The van der Waals surface area contributed by atoms with Crippen LogP contribution in [0.3, 0.4) is 0 Å². The van der Waals surface area contributed by atoms with Crippen molar-refractivity contribution in [1.29, 1.82) is 0 Å². The molecule has 0 saturated carbocycles. The quantitative estimate of drug-likeness (QED) is 0.665. The van der Waals surface area contributed by atoms with E-state index in [0.717, 1.165) is 45.1 Å². The molecule has 0 unspecified atom stereocenters. The van der Waals surface area contributed by atoms with E-state index in [9.17, 15) is 0 Å². The van der Waals surface area contributed by atoms with Gasteiger partial charge >= 0.3 is 0 Å². The molecule has 0 saturated heterocycles. The predicted octanol–water partition coefficient (Wildman–Crippen LogP) is 1.72. The van der Waals surface area contributed by atoms with Gasteiger partial charge in [0.25, 0.3) is 0 Å². The van der Waals surface area contributed by atoms with Gasteiger partial charge in [-0.25, -0.2) is 4.98 Å². The number of rotatable bonds is 9. The van der Waals surface area contributed by atoms with Gasteiger partial charge in [-0.3, -0.25) is 0 Å². The lowest BCUT2D eigenvalue weighted by Crippen LogP contribution is -2.28. The monoisotopic (exact) mass is 238 g/mol. The van der Waals surface area contributed by atoms with Gasteiger partial charge in [0.15, 0.2) is 0 Å². The largest absolute Gasteiger partial charge is 0.333 e. The summed E-state index contributed by atoms with van der Waals surface area (Å²) in [7, 11) is 0. The third-order valence-electron chi connectivity index (χ3n) is 3.06. The van der Waals surface area contributed by atoms with Gasteiger partial charge in [0.2, 0.25) is 0 Å². The summed E-state index contributed by atoms with van der Waals surface area (Å²) in [5.74, 6) is 1.14. The normalized spacial score (nSPS) is 11.3. The summed E-state index contributed by atoms with van der Waals surface area (Å²) in [4.78, 5) is 6.83. The first-order valence-corrected chi connectivity index (χ1v) is 6.74. The zero-order valence-corrected chi connectivity index (χ0v) is 11.4.